The second-order valence-electron chi connectivity index (χ2n) is 7.00. The predicted molar refractivity (Wildman–Crippen MR) is 120 cm³/mol. The number of hydrogen-bond acceptors (Lipinski definition) is 6. The van der Waals surface area contributed by atoms with Crippen LogP contribution in [-0.2, 0) is 10.0 Å². The number of hydrogen-bond donors (Lipinski definition) is 2. The number of para-hydroxylation sites is 2. The van der Waals surface area contributed by atoms with Crippen molar-refractivity contribution in [2.45, 2.75) is 11.3 Å². The summed E-state index contributed by atoms with van der Waals surface area (Å²) in [7, 11) is -2.39. The maximum Gasteiger partial charge on any atom is 0.262 e. The van der Waals surface area contributed by atoms with E-state index in [1.54, 1.807) is 48.5 Å². The number of nitrogens with one attached hydrogen (secondary N) is 2. The molecule has 0 unspecified atom stereocenters. The number of sulfonamides is 1. The Bertz CT molecular complexity index is 1240. The van der Waals surface area contributed by atoms with Gasteiger partial charge in [0, 0.05) is 23.7 Å². The first-order valence-corrected chi connectivity index (χ1v) is 11.4. The van der Waals surface area contributed by atoms with E-state index in [0.717, 1.165) is 6.42 Å². The van der Waals surface area contributed by atoms with Crippen LogP contribution in [0.2, 0.25) is 0 Å². The van der Waals surface area contributed by atoms with Crippen molar-refractivity contribution in [3.63, 3.8) is 0 Å². The predicted octanol–water partition coefficient (Wildman–Crippen LogP) is 3.91. The van der Waals surface area contributed by atoms with Crippen LogP contribution >= 0.6 is 0 Å². The van der Waals surface area contributed by atoms with Crippen molar-refractivity contribution in [2.24, 2.45) is 0 Å². The number of carbonyl (C=O) groups excluding carboxylic acids is 1. The Hall–Kier alpha value is -3.72. The van der Waals surface area contributed by atoms with E-state index >= 15 is 0 Å². The molecule has 3 aromatic rings. The summed E-state index contributed by atoms with van der Waals surface area (Å²) in [5, 5.41) is 2.77. The molecule has 0 aliphatic carbocycles. The van der Waals surface area contributed by atoms with E-state index in [9.17, 15) is 13.2 Å². The average Bonchev–Trinajstić information content (AvgIpc) is 3.04. The zero-order valence-electron chi connectivity index (χ0n) is 17.3. The minimum Gasteiger partial charge on any atom is -0.495 e. The normalized spacial score (nSPS) is 13.0. The van der Waals surface area contributed by atoms with Crippen molar-refractivity contribution in [3.05, 3.63) is 72.3 Å². The Kier molecular flexibility index (Phi) is 6.18. The monoisotopic (exact) mass is 454 g/mol. The van der Waals surface area contributed by atoms with E-state index in [1.165, 1.54) is 25.3 Å². The van der Waals surface area contributed by atoms with Gasteiger partial charge >= 0.3 is 0 Å². The maximum absolute atomic E-state index is 12.9. The summed E-state index contributed by atoms with van der Waals surface area (Å²) in [6.07, 6.45) is 0.721. The van der Waals surface area contributed by atoms with E-state index in [2.05, 4.69) is 10.0 Å². The summed E-state index contributed by atoms with van der Waals surface area (Å²) in [6, 6.07) is 17.7. The molecule has 4 rings (SSSR count). The van der Waals surface area contributed by atoms with Gasteiger partial charge in [0.2, 0.25) is 0 Å². The van der Waals surface area contributed by atoms with Crippen LogP contribution in [0, 0.1) is 0 Å². The van der Waals surface area contributed by atoms with Crippen LogP contribution in [0.25, 0.3) is 0 Å². The molecule has 1 heterocycles. The lowest BCUT2D eigenvalue weighted by Gasteiger charge is -2.13. The van der Waals surface area contributed by atoms with Gasteiger partial charge in [-0.2, -0.15) is 0 Å². The molecule has 0 aromatic heterocycles. The molecule has 3 aromatic carbocycles. The third-order valence-electron chi connectivity index (χ3n) is 4.76. The highest BCUT2D eigenvalue weighted by atomic mass is 32.2. The number of rotatable bonds is 6. The van der Waals surface area contributed by atoms with Crippen molar-refractivity contribution in [3.8, 4) is 17.2 Å². The number of benzene rings is 3. The van der Waals surface area contributed by atoms with Crippen molar-refractivity contribution in [2.75, 3.05) is 30.4 Å². The number of methoxy groups -OCH3 is 1. The number of carbonyl (C=O) groups is 1. The lowest BCUT2D eigenvalue weighted by molar-refractivity contribution is 0.102. The molecule has 0 fully saturated rings. The summed E-state index contributed by atoms with van der Waals surface area (Å²) in [5.41, 5.74) is 1.05. The molecule has 0 spiro atoms. The molecule has 0 saturated heterocycles. The summed E-state index contributed by atoms with van der Waals surface area (Å²) < 4.78 is 44.7. The minimum absolute atomic E-state index is 0.0330. The van der Waals surface area contributed by atoms with Crippen molar-refractivity contribution in [1.29, 1.82) is 0 Å². The molecule has 1 aliphatic rings. The average molecular weight is 455 g/mol. The molecule has 1 aliphatic heterocycles. The first kappa shape index (κ1) is 21.5. The summed E-state index contributed by atoms with van der Waals surface area (Å²) >= 11 is 0. The summed E-state index contributed by atoms with van der Waals surface area (Å²) in [4.78, 5) is 12.7. The van der Waals surface area contributed by atoms with Crippen molar-refractivity contribution >= 4 is 27.3 Å². The van der Waals surface area contributed by atoms with E-state index in [-0.39, 0.29) is 16.1 Å². The number of fused-ring (bicyclic) bond motifs is 1. The zero-order valence-corrected chi connectivity index (χ0v) is 18.1. The highest BCUT2D eigenvalue weighted by Crippen LogP contribution is 2.32. The van der Waals surface area contributed by atoms with Crippen LogP contribution in [0.15, 0.2) is 71.6 Å². The molecule has 9 heteroatoms. The van der Waals surface area contributed by atoms with E-state index in [4.69, 9.17) is 14.2 Å². The van der Waals surface area contributed by atoms with Crippen molar-refractivity contribution < 1.29 is 27.4 Å². The van der Waals surface area contributed by atoms with Gasteiger partial charge in [-0.1, -0.05) is 18.2 Å². The SMILES string of the molecule is COc1ccccc1NC(=O)c1cccc(NS(=O)(=O)c2ccc3c(c2)OCCCO3)c1. The van der Waals surface area contributed by atoms with Gasteiger partial charge < -0.3 is 19.5 Å². The fourth-order valence-corrected chi connectivity index (χ4v) is 4.26. The molecule has 0 saturated carbocycles. The second-order valence-corrected chi connectivity index (χ2v) is 8.68. The minimum atomic E-state index is -3.91. The number of anilines is 2. The van der Waals surface area contributed by atoms with Gasteiger partial charge in [-0.25, -0.2) is 8.42 Å². The van der Waals surface area contributed by atoms with E-state index in [0.29, 0.717) is 36.1 Å². The summed E-state index contributed by atoms with van der Waals surface area (Å²) in [6.45, 7) is 0.967. The van der Waals surface area contributed by atoms with Gasteiger partial charge in [0.05, 0.1) is 30.9 Å². The molecule has 8 nitrogen and oxygen atoms in total. The molecular weight excluding hydrogens is 432 g/mol. The van der Waals surface area contributed by atoms with Crippen LogP contribution in [0.1, 0.15) is 16.8 Å². The van der Waals surface area contributed by atoms with Gasteiger partial charge in [0.25, 0.3) is 15.9 Å². The molecule has 2 N–H and O–H groups in total. The zero-order chi connectivity index (χ0) is 22.6. The standard InChI is InChI=1S/C23H22N2O6S/c1-29-20-9-3-2-8-19(20)24-23(26)16-6-4-7-17(14-16)25-32(27,28)18-10-11-21-22(15-18)31-13-5-12-30-21/h2-4,6-11,14-15,25H,5,12-13H2,1H3,(H,24,26). The Morgan fingerprint density at radius 3 is 2.53 bits per heavy atom. The molecule has 0 bridgehead atoms. The highest BCUT2D eigenvalue weighted by molar-refractivity contribution is 7.92. The smallest absolute Gasteiger partial charge is 0.262 e. The number of ether oxygens (including phenoxy) is 3. The first-order valence-electron chi connectivity index (χ1n) is 9.93. The van der Waals surface area contributed by atoms with Gasteiger partial charge in [-0.05, 0) is 42.5 Å². The molecule has 1 amide bonds. The Balaban J connectivity index is 1.53. The Morgan fingerprint density at radius 1 is 0.938 bits per heavy atom. The fraction of sp³-hybridized carbons (Fsp3) is 0.174. The third-order valence-corrected chi connectivity index (χ3v) is 6.14. The van der Waals surface area contributed by atoms with Gasteiger partial charge in [-0.15, -0.1) is 0 Å². The lowest BCUT2D eigenvalue weighted by atomic mass is 10.2. The molecule has 166 valence electrons. The molecule has 32 heavy (non-hydrogen) atoms. The molecule has 0 radical (unpaired) electrons. The van der Waals surface area contributed by atoms with Gasteiger partial charge in [-0.3, -0.25) is 9.52 Å². The fourth-order valence-electron chi connectivity index (χ4n) is 3.19. The van der Waals surface area contributed by atoms with Crippen LogP contribution in [0.4, 0.5) is 11.4 Å². The van der Waals surface area contributed by atoms with E-state index in [1.807, 2.05) is 0 Å². The second kappa shape index (κ2) is 9.19. The van der Waals surface area contributed by atoms with Crippen LogP contribution in [0.3, 0.4) is 0 Å². The lowest BCUT2D eigenvalue weighted by Crippen LogP contribution is -2.15. The maximum atomic E-state index is 12.9. The van der Waals surface area contributed by atoms with Crippen molar-refractivity contribution in [1.82, 2.24) is 0 Å². The number of amides is 1. The van der Waals surface area contributed by atoms with Gasteiger partial charge in [0.15, 0.2) is 11.5 Å². The van der Waals surface area contributed by atoms with Crippen LogP contribution < -0.4 is 24.2 Å². The van der Waals surface area contributed by atoms with Gasteiger partial charge in [0.1, 0.15) is 5.75 Å². The topological polar surface area (TPSA) is 103 Å². The summed E-state index contributed by atoms with van der Waals surface area (Å²) in [5.74, 6) is 1.02. The van der Waals surface area contributed by atoms with Crippen LogP contribution in [0.5, 0.6) is 17.2 Å². The Labute approximate surface area is 186 Å². The largest absolute Gasteiger partial charge is 0.495 e. The molecule has 0 atom stereocenters. The third kappa shape index (κ3) is 4.78. The van der Waals surface area contributed by atoms with Crippen LogP contribution in [-0.4, -0.2) is 34.6 Å². The first-order chi connectivity index (χ1) is 15.5. The van der Waals surface area contributed by atoms with E-state index < -0.39 is 15.9 Å². The quantitative estimate of drug-likeness (QED) is 0.585. The molecular formula is C23H22N2O6S. The Morgan fingerprint density at radius 2 is 1.72 bits per heavy atom. The highest BCUT2D eigenvalue weighted by Gasteiger charge is 2.19.